The van der Waals surface area contributed by atoms with Crippen molar-refractivity contribution in [3.05, 3.63) is 23.5 Å². The third-order valence-corrected chi connectivity index (χ3v) is 3.40. The zero-order valence-electron chi connectivity index (χ0n) is 13.2. The molecule has 0 amide bonds. The maximum Gasteiger partial charge on any atom is 0.0447 e. The van der Waals surface area contributed by atoms with Crippen LogP contribution in [0.1, 0.15) is 51.3 Å². The van der Waals surface area contributed by atoms with Crippen LogP contribution in [0.4, 0.5) is 5.69 Å². The van der Waals surface area contributed by atoms with E-state index < -0.39 is 0 Å². The number of nitrogens with one attached hydrogen (secondary N) is 1. The summed E-state index contributed by atoms with van der Waals surface area (Å²) >= 11 is 0. The van der Waals surface area contributed by atoms with E-state index in [1.165, 1.54) is 30.5 Å². The topological polar surface area (TPSA) is 28.2 Å². The molecule has 0 aliphatic carbocycles. The van der Waals surface area contributed by atoms with Gasteiger partial charge in [-0.3, -0.25) is 4.98 Å². The SMILES string of the molecule is CCCCCN(c1cc(C)ncc1CNC)C(C)C. The van der Waals surface area contributed by atoms with E-state index in [1.54, 1.807) is 0 Å². The summed E-state index contributed by atoms with van der Waals surface area (Å²) in [5, 5.41) is 3.24. The molecule has 0 saturated heterocycles. The Kier molecular flexibility index (Phi) is 6.85. The average molecular weight is 263 g/mol. The lowest BCUT2D eigenvalue weighted by atomic mass is 10.1. The van der Waals surface area contributed by atoms with E-state index in [1.807, 2.05) is 13.2 Å². The molecule has 0 atom stereocenters. The van der Waals surface area contributed by atoms with E-state index in [0.717, 1.165) is 18.8 Å². The minimum Gasteiger partial charge on any atom is -0.369 e. The third kappa shape index (κ3) is 4.83. The third-order valence-electron chi connectivity index (χ3n) is 3.40. The molecule has 1 heterocycles. The minimum absolute atomic E-state index is 0.522. The Bertz CT molecular complexity index is 374. The Balaban J connectivity index is 2.95. The number of pyridine rings is 1. The molecule has 3 nitrogen and oxygen atoms in total. The van der Waals surface area contributed by atoms with Gasteiger partial charge in [-0.15, -0.1) is 0 Å². The summed E-state index contributed by atoms with van der Waals surface area (Å²) in [6.07, 6.45) is 5.84. The number of hydrogen-bond donors (Lipinski definition) is 1. The predicted octanol–water partition coefficient (Wildman–Crippen LogP) is 3.51. The lowest BCUT2D eigenvalue weighted by Gasteiger charge is -2.31. The number of nitrogens with zero attached hydrogens (tertiary/aromatic N) is 2. The summed E-state index contributed by atoms with van der Waals surface area (Å²) in [5.41, 5.74) is 3.72. The van der Waals surface area contributed by atoms with Crippen molar-refractivity contribution in [2.24, 2.45) is 0 Å². The Morgan fingerprint density at radius 2 is 2.05 bits per heavy atom. The van der Waals surface area contributed by atoms with Gasteiger partial charge in [0, 0.05) is 42.3 Å². The van der Waals surface area contributed by atoms with Crippen LogP contribution < -0.4 is 10.2 Å². The molecule has 0 aliphatic rings. The molecule has 0 radical (unpaired) electrons. The van der Waals surface area contributed by atoms with Gasteiger partial charge < -0.3 is 10.2 Å². The number of aryl methyl sites for hydroxylation is 1. The highest BCUT2D eigenvalue weighted by atomic mass is 15.2. The second kappa shape index (κ2) is 8.16. The zero-order valence-corrected chi connectivity index (χ0v) is 13.2. The van der Waals surface area contributed by atoms with Gasteiger partial charge in [-0.2, -0.15) is 0 Å². The van der Waals surface area contributed by atoms with Crippen LogP contribution in [0.3, 0.4) is 0 Å². The van der Waals surface area contributed by atoms with Gasteiger partial charge in [0.25, 0.3) is 0 Å². The van der Waals surface area contributed by atoms with Crippen molar-refractivity contribution in [1.82, 2.24) is 10.3 Å². The van der Waals surface area contributed by atoms with Crippen molar-refractivity contribution < 1.29 is 0 Å². The summed E-state index contributed by atoms with van der Waals surface area (Å²) in [6.45, 7) is 10.9. The Morgan fingerprint density at radius 1 is 1.32 bits per heavy atom. The minimum atomic E-state index is 0.522. The van der Waals surface area contributed by atoms with Crippen LogP contribution in [0.5, 0.6) is 0 Å². The van der Waals surface area contributed by atoms with Crippen molar-refractivity contribution in [1.29, 1.82) is 0 Å². The summed E-state index contributed by atoms with van der Waals surface area (Å²) < 4.78 is 0. The molecule has 108 valence electrons. The molecule has 0 unspecified atom stereocenters. The Labute approximate surface area is 118 Å². The zero-order chi connectivity index (χ0) is 14.3. The largest absolute Gasteiger partial charge is 0.369 e. The lowest BCUT2D eigenvalue weighted by molar-refractivity contribution is 0.621. The van der Waals surface area contributed by atoms with Gasteiger partial charge >= 0.3 is 0 Å². The van der Waals surface area contributed by atoms with E-state index in [-0.39, 0.29) is 0 Å². The first kappa shape index (κ1) is 16.0. The maximum atomic E-state index is 4.43. The Hall–Kier alpha value is -1.09. The fraction of sp³-hybridized carbons (Fsp3) is 0.688. The first-order chi connectivity index (χ1) is 9.10. The van der Waals surface area contributed by atoms with E-state index in [0.29, 0.717) is 6.04 Å². The molecule has 0 bridgehead atoms. The second-order valence-corrected chi connectivity index (χ2v) is 5.48. The van der Waals surface area contributed by atoms with Gasteiger partial charge in [-0.05, 0) is 40.3 Å². The number of hydrogen-bond acceptors (Lipinski definition) is 3. The molecule has 1 aromatic rings. The van der Waals surface area contributed by atoms with Crippen LogP contribution in [0.15, 0.2) is 12.3 Å². The number of unbranched alkanes of at least 4 members (excludes halogenated alkanes) is 2. The molecule has 0 aliphatic heterocycles. The van der Waals surface area contributed by atoms with Gasteiger partial charge in [0.05, 0.1) is 0 Å². The van der Waals surface area contributed by atoms with E-state index >= 15 is 0 Å². The Morgan fingerprint density at radius 3 is 2.63 bits per heavy atom. The van der Waals surface area contributed by atoms with Crippen molar-refractivity contribution in [2.45, 2.75) is 59.5 Å². The first-order valence-corrected chi connectivity index (χ1v) is 7.46. The van der Waals surface area contributed by atoms with E-state index in [2.05, 4.69) is 49.0 Å². The van der Waals surface area contributed by atoms with Gasteiger partial charge in [-0.25, -0.2) is 0 Å². The number of rotatable bonds is 8. The van der Waals surface area contributed by atoms with Crippen LogP contribution in [-0.4, -0.2) is 24.6 Å². The number of aromatic nitrogens is 1. The maximum absolute atomic E-state index is 4.43. The van der Waals surface area contributed by atoms with Crippen LogP contribution in [-0.2, 0) is 6.54 Å². The molecule has 0 fully saturated rings. The highest BCUT2D eigenvalue weighted by Gasteiger charge is 2.14. The lowest BCUT2D eigenvalue weighted by Crippen LogP contribution is -2.33. The summed E-state index contributed by atoms with van der Waals surface area (Å²) in [7, 11) is 1.99. The molecular formula is C16H29N3. The predicted molar refractivity (Wildman–Crippen MR) is 83.7 cm³/mol. The van der Waals surface area contributed by atoms with Crippen molar-refractivity contribution in [2.75, 3.05) is 18.5 Å². The molecule has 3 heteroatoms. The molecule has 0 saturated carbocycles. The van der Waals surface area contributed by atoms with Gasteiger partial charge in [-0.1, -0.05) is 19.8 Å². The average Bonchev–Trinajstić information content (AvgIpc) is 2.37. The van der Waals surface area contributed by atoms with Crippen molar-refractivity contribution in [3.8, 4) is 0 Å². The molecule has 19 heavy (non-hydrogen) atoms. The van der Waals surface area contributed by atoms with Crippen LogP contribution in [0.2, 0.25) is 0 Å². The van der Waals surface area contributed by atoms with Crippen molar-refractivity contribution in [3.63, 3.8) is 0 Å². The van der Waals surface area contributed by atoms with Crippen LogP contribution in [0.25, 0.3) is 0 Å². The fourth-order valence-corrected chi connectivity index (χ4v) is 2.36. The summed E-state index contributed by atoms with van der Waals surface area (Å²) in [5.74, 6) is 0. The summed E-state index contributed by atoms with van der Waals surface area (Å²) in [6, 6.07) is 2.74. The number of anilines is 1. The normalized spacial score (nSPS) is 11.1. The highest BCUT2D eigenvalue weighted by Crippen LogP contribution is 2.23. The summed E-state index contributed by atoms with van der Waals surface area (Å²) in [4.78, 5) is 6.94. The van der Waals surface area contributed by atoms with Gasteiger partial charge in [0.2, 0.25) is 0 Å². The first-order valence-electron chi connectivity index (χ1n) is 7.46. The smallest absolute Gasteiger partial charge is 0.0447 e. The van der Waals surface area contributed by atoms with Crippen molar-refractivity contribution >= 4 is 5.69 Å². The van der Waals surface area contributed by atoms with E-state index in [4.69, 9.17) is 0 Å². The molecule has 1 aromatic heterocycles. The molecule has 1 rings (SSSR count). The molecule has 1 N–H and O–H groups in total. The van der Waals surface area contributed by atoms with Gasteiger partial charge in [0.1, 0.15) is 0 Å². The standard InChI is InChI=1S/C16H29N3/c1-6-7-8-9-19(13(2)3)16-10-14(4)18-12-15(16)11-17-5/h10,12-13,17H,6-9,11H2,1-5H3. The van der Waals surface area contributed by atoms with Gasteiger partial charge in [0.15, 0.2) is 0 Å². The molecule has 0 spiro atoms. The van der Waals surface area contributed by atoms with E-state index in [9.17, 15) is 0 Å². The van der Waals surface area contributed by atoms with Crippen LogP contribution >= 0.6 is 0 Å². The monoisotopic (exact) mass is 263 g/mol. The second-order valence-electron chi connectivity index (χ2n) is 5.48. The molecular weight excluding hydrogens is 234 g/mol. The highest BCUT2D eigenvalue weighted by molar-refractivity contribution is 5.54. The fourth-order valence-electron chi connectivity index (χ4n) is 2.36. The quantitative estimate of drug-likeness (QED) is 0.727. The molecule has 0 aromatic carbocycles. The van der Waals surface area contributed by atoms with Crippen LogP contribution in [0, 0.1) is 6.92 Å².